The summed E-state index contributed by atoms with van der Waals surface area (Å²) in [5.41, 5.74) is -0.306. The third kappa shape index (κ3) is 5.35. The highest BCUT2D eigenvalue weighted by atomic mass is 35.5. The van der Waals surface area contributed by atoms with Crippen molar-refractivity contribution in [2.75, 3.05) is 13.1 Å². The number of nitrogens with one attached hydrogen (secondary N) is 1. The Balaban J connectivity index is 1.94. The van der Waals surface area contributed by atoms with Gasteiger partial charge in [-0.3, -0.25) is 4.79 Å². The van der Waals surface area contributed by atoms with Gasteiger partial charge in [0.25, 0.3) is 5.91 Å². The molecule has 23 heavy (non-hydrogen) atoms. The maximum Gasteiger partial charge on any atom is 0.407 e. The maximum absolute atomic E-state index is 12.4. The zero-order chi connectivity index (χ0) is 17.0. The Morgan fingerprint density at radius 2 is 2.09 bits per heavy atom. The van der Waals surface area contributed by atoms with E-state index in [1.807, 2.05) is 20.8 Å². The molecule has 8 heteroatoms. The number of alkyl carbamates (subject to hydrolysis) is 1. The summed E-state index contributed by atoms with van der Waals surface area (Å²) in [4.78, 5) is 33.8. The molecule has 0 radical (unpaired) electrons. The number of aromatic nitrogens is 2. The van der Waals surface area contributed by atoms with Gasteiger partial charge in [-0.05, 0) is 33.6 Å². The first kappa shape index (κ1) is 17.5. The quantitative estimate of drug-likeness (QED) is 0.892. The van der Waals surface area contributed by atoms with Crippen LogP contribution in [0.4, 0.5) is 4.79 Å². The Bertz CT molecular complexity index is 571. The van der Waals surface area contributed by atoms with E-state index in [0.717, 1.165) is 12.8 Å². The van der Waals surface area contributed by atoms with Crippen LogP contribution in [0.25, 0.3) is 0 Å². The zero-order valence-corrected chi connectivity index (χ0v) is 14.3. The van der Waals surface area contributed by atoms with Gasteiger partial charge in [0.2, 0.25) is 0 Å². The molecule has 1 fully saturated rings. The topological polar surface area (TPSA) is 84.4 Å². The van der Waals surface area contributed by atoms with Crippen LogP contribution in [0.2, 0.25) is 5.15 Å². The first-order chi connectivity index (χ1) is 10.7. The minimum Gasteiger partial charge on any atom is -0.444 e. The van der Waals surface area contributed by atoms with Gasteiger partial charge >= 0.3 is 6.09 Å². The number of halogens is 1. The van der Waals surface area contributed by atoms with Crippen molar-refractivity contribution in [2.45, 2.75) is 45.3 Å². The molecule has 0 saturated carbocycles. The van der Waals surface area contributed by atoms with Crippen molar-refractivity contribution in [2.24, 2.45) is 0 Å². The summed E-state index contributed by atoms with van der Waals surface area (Å²) >= 11 is 5.68. The van der Waals surface area contributed by atoms with Gasteiger partial charge in [-0.2, -0.15) is 0 Å². The van der Waals surface area contributed by atoms with E-state index in [9.17, 15) is 9.59 Å². The molecular formula is C15H21ClN4O3. The van der Waals surface area contributed by atoms with Crippen molar-refractivity contribution in [1.29, 1.82) is 0 Å². The van der Waals surface area contributed by atoms with Crippen molar-refractivity contribution in [3.05, 3.63) is 23.2 Å². The molecule has 1 N–H and O–H groups in total. The predicted octanol–water partition coefficient (Wildman–Crippen LogP) is 2.26. The molecule has 2 amide bonds. The van der Waals surface area contributed by atoms with E-state index in [4.69, 9.17) is 16.3 Å². The van der Waals surface area contributed by atoms with Gasteiger partial charge in [0.15, 0.2) is 0 Å². The van der Waals surface area contributed by atoms with Crippen LogP contribution < -0.4 is 5.32 Å². The number of ether oxygens (including phenoxy) is 1. The molecule has 1 aromatic rings. The van der Waals surface area contributed by atoms with E-state index in [1.165, 1.54) is 12.4 Å². The van der Waals surface area contributed by atoms with Crippen LogP contribution in [0.3, 0.4) is 0 Å². The number of hydrogen-bond donors (Lipinski definition) is 1. The Morgan fingerprint density at radius 3 is 2.70 bits per heavy atom. The number of likely N-dealkylation sites (tertiary alicyclic amines) is 1. The molecule has 0 aliphatic carbocycles. The molecule has 126 valence electrons. The Kier molecular flexibility index (Phi) is 5.41. The molecule has 2 rings (SSSR count). The fourth-order valence-electron chi connectivity index (χ4n) is 2.34. The van der Waals surface area contributed by atoms with Crippen LogP contribution in [-0.4, -0.2) is 51.6 Å². The lowest BCUT2D eigenvalue weighted by atomic mass is 10.1. The molecule has 1 unspecified atom stereocenters. The SMILES string of the molecule is CC(C)(C)OC(=O)NC1CCCN(C(=O)c2cnc(Cl)cn2)C1. The summed E-state index contributed by atoms with van der Waals surface area (Å²) in [6.07, 6.45) is 3.83. The third-order valence-corrected chi connectivity index (χ3v) is 3.46. The molecule has 0 bridgehead atoms. The fraction of sp³-hybridized carbons (Fsp3) is 0.600. The largest absolute Gasteiger partial charge is 0.444 e. The Hall–Kier alpha value is -1.89. The lowest BCUT2D eigenvalue weighted by Gasteiger charge is -2.33. The summed E-state index contributed by atoms with van der Waals surface area (Å²) < 4.78 is 5.24. The van der Waals surface area contributed by atoms with Gasteiger partial charge < -0.3 is 15.0 Å². The van der Waals surface area contributed by atoms with E-state index in [-0.39, 0.29) is 22.8 Å². The monoisotopic (exact) mass is 340 g/mol. The van der Waals surface area contributed by atoms with Crippen LogP contribution in [0, 0.1) is 0 Å². The lowest BCUT2D eigenvalue weighted by Crippen LogP contribution is -2.50. The molecule has 0 aromatic carbocycles. The molecule has 7 nitrogen and oxygen atoms in total. The van der Waals surface area contributed by atoms with Gasteiger partial charge in [0, 0.05) is 19.1 Å². The van der Waals surface area contributed by atoms with E-state index < -0.39 is 11.7 Å². The van der Waals surface area contributed by atoms with E-state index in [0.29, 0.717) is 13.1 Å². The van der Waals surface area contributed by atoms with Crippen LogP contribution >= 0.6 is 11.6 Å². The molecule has 1 atom stereocenters. The van der Waals surface area contributed by atoms with Gasteiger partial charge in [0.1, 0.15) is 16.4 Å². The molecule has 1 aliphatic rings. The molecule has 1 saturated heterocycles. The van der Waals surface area contributed by atoms with Crippen LogP contribution in [-0.2, 0) is 4.74 Å². The molecule has 1 aromatic heterocycles. The fourth-order valence-corrected chi connectivity index (χ4v) is 2.44. The number of amides is 2. The van der Waals surface area contributed by atoms with Crippen LogP contribution in [0.15, 0.2) is 12.4 Å². The summed E-state index contributed by atoms with van der Waals surface area (Å²) in [7, 11) is 0. The molecule has 0 spiro atoms. The number of rotatable bonds is 2. The molecule has 2 heterocycles. The Morgan fingerprint density at radius 1 is 1.35 bits per heavy atom. The maximum atomic E-state index is 12.4. The van der Waals surface area contributed by atoms with Crippen molar-refractivity contribution < 1.29 is 14.3 Å². The van der Waals surface area contributed by atoms with Crippen molar-refractivity contribution in [1.82, 2.24) is 20.2 Å². The van der Waals surface area contributed by atoms with Crippen molar-refractivity contribution in [3.63, 3.8) is 0 Å². The summed E-state index contributed by atoms with van der Waals surface area (Å²) in [5, 5.41) is 3.05. The smallest absolute Gasteiger partial charge is 0.407 e. The highest BCUT2D eigenvalue weighted by molar-refractivity contribution is 6.29. The second-order valence-electron chi connectivity index (χ2n) is 6.46. The van der Waals surface area contributed by atoms with Crippen LogP contribution in [0.5, 0.6) is 0 Å². The summed E-state index contributed by atoms with van der Waals surface area (Å²) in [6.45, 7) is 6.46. The van der Waals surface area contributed by atoms with Gasteiger partial charge in [0.05, 0.1) is 12.4 Å². The van der Waals surface area contributed by atoms with E-state index >= 15 is 0 Å². The van der Waals surface area contributed by atoms with Crippen molar-refractivity contribution in [3.8, 4) is 0 Å². The number of nitrogens with zero attached hydrogens (tertiary/aromatic N) is 3. The number of hydrogen-bond acceptors (Lipinski definition) is 5. The number of piperidine rings is 1. The first-order valence-electron chi connectivity index (χ1n) is 7.51. The first-order valence-corrected chi connectivity index (χ1v) is 7.89. The second kappa shape index (κ2) is 7.12. The van der Waals surface area contributed by atoms with Gasteiger partial charge in [-0.15, -0.1) is 0 Å². The average molecular weight is 341 g/mol. The minimum atomic E-state index is -0.548. The third-order valence-electron chi connectivity index (χ3n) is 3.27. The predicted molar refractivity (Wildman–Crippen MR) is 85.3 cm³/mol. The highest BCUT2D eigenvalue weighted by Crippen LogP contribution is 2.14. The summed E-state index contributed by atoms with van der Waals surface area (Å²) in [6, 6.07) is -0.136. The van der Waals surface area contributed by atoms with E-state index in [2.05, 4.69) is 15.3 Å². The lowest BCUT2D eigenvalue weighted by molar-refractivity contribution is 0.0451. The second-order valence-corrected chi connectivity index (χ2v) is 6.85. The van der Waals surface area contributed by atoms with E-state index in [1.54, 1.807) is 4.90 Å². The highest BCUT2D eigenvalue weighted by Gasteiger charge is 2.27. The minimum absolute atomic E-state index is 0.136. The standard InChI is InChI=1S/C15H21ClN4O3/c1-15(2,3)23-14(22)19-10-5-4-6-20(9-10)13(21)11-7-18-12(16)8-17-11/h7-8,10H,4-6,9H2,1-3H3,(H,19,22). The summed E-state index contributed by atoms with van der Waals surface area (Å²) in [5.74, 6) is -0.218. The normalized spacial score (nSPS) is 18.4. The molecular weight excluding hydrogens is 320 g/mol. The van der Waals surface area contributed by atoms with Crippen LogP contribution in [0.1, 0.15) is 44.1 Å². The van der Waals surface area contributed by atoms with Crippen molar-refractivity contribution >= 4 is 23.6 Å². The molecule has 1 aliphatic heterocycles. The van der Waals surface area contributed by atoms with Gasteiger partial charge in [-0.25, -0.2) is 14.8 Å². The van der Waals surface area contributed by atoms with Gasteiger partial charge in [-0.1, -0.05) is 11.6 Å². The Labute approximate surface area is 140 Å². The number of carbonyl (C=O) groups excluding carboxylic acids is 2. The zero-order valence-electron chi connectivity index (χ0n) is 13.5. The average Bonchev–Trinajstić information content (AvgIpc) is 2.45. The number of carbonyl (C=O) groups is 2.